The van der Waals surface area contributed by atoms with Crippen LogP contribution in [0.5, 0.6) is 0 Å². The van der Waals surface area contributed by atoms with Crippen LogP contribution in [0.3, 0.4) is 0 Å². The molecular formula is C9H6F2N2O2. The first-order valence-corrected chi connectivity index (χ1v) is 3.90. The molecular weight excluding hydrogens is 206 g/mol. The smallest absolute Gasteiger partial charge is 0.338 e. The van der Waals surface area contributed by atoms with E-state index >= 15 is 0 Å². The third-order valence-corrected chi connectivity index (χ3v) is 1.78. The zero-order valence-corrected chi connectivity index (χ0v) is 7.66. The summed E-state index contributed by atoms with van der Waals surface area (Å²) in [5, 5.41) is 17.3. The van der Waals surface area contributed by atoms with Gasteiger partial charge in [0.25, 0.3) is 6.43 Å². The molecule has 0 atom stereocenters. The molecule has 0 saturated carbocycles. The van der Waals surface area contributed by atoms with Crippen LogP contribution in [-0.2, 0) is 0 Å². The van der Waals surface area contributed by atoms with E-state index in [9.17, 15) is 13.6 Å². The predicted octanol–water partition coefficient (Wildman–Crippen LogP) is 1.90. The van der Waals surface area contributed by atoms with Crippen LogP contribution < -0.4 is 0 Å². The maximum absolute atomic E-state index is 12.3. The van der Waals surface area contributed by atoms with Crippen LogP contribution in [-0.4, -0.2) is 16.1 Å². The first-order chi connectivity index (χ1) is 6.97. The number of aryl methyl sites for hydroxylation is 1. The quantitative estimate of drug-likeness (QED) is 0.812. The Morgan fingerprint density at radius 3 is 2.67 bits per heavy atom. The molecule has 1 N–H and O–H groups in total. The second kappa shape index (κ2) is 4.00. The Morgan fingerprint density at radius 2 is 2.27 bits per heavy atom. The number of carboxylic acid groups (broad SMARTS) is 1. The fourth-order valence-electron chi connectivity index (χ4n) is 1.16. The zero-order chi connectivity index (χ0) is 11.6. The summed E-state index contributed by atoms with van der Waals surface area (Å²) in [7, 11) is 0. The second-order valence-electron chi connectivity index (χ2n) is 2.81. The summed E-state index contributed by atoms with van der Waals surface area (Å²) in [5.74, 6) is -1.35. The number of rotatable bonds is 2. The molecule has 0 saturated heterocycles. The van der Waals surface area contributed by atoms with Crippen molar-refractivity contribution in [2.45, 2.75) is 13.3 Å². The molecule has 0 bridgehead atoms. The lowest BCUT2D eigenvalue weighted by Crippen LogP contribution is -2.07. The van der Waals surface area contributed by atoms with Crippen molar-refractivity contribution < 1.29 is 18.7 Å². The lowest BCUT2D eigenvalue weighted by molar-refractivity contribution is 0.0694. The van der Waals surface area contributed by atoms with Crippen LogP contribution in [0.1, 0.15) is 33.7 Å². The number of nitrogens with zero attached hydrogens (tertiary/aromatic N) is 2. The number of hydrogen-bond donors (Lipinski definition) is 1. The van der Waals surface area contributed by atoms with Crippen molar-refractivity contribution in [3.63, 3.8) is 0 Å². The topological polar surface area (TPSA) is 74.0 Å². The fraction of sp³-hybridized carbons (Fsp3) is 0.222. The molecule has 1 heterocycles. The largest absolute Gasteiger partial charge is 0.478 e. The molecule has 0 aliphatic carbocycles. The molecule has 1 rings (SSSR count). The van der Waals surface area contributed by atoms with E-state index in [1.807, 2.05) is 0 Å². The van der Waals surface area contributed by atoms with Crippen LogP contribution >= 0.6 is 0 Å². The van der Waals surface area contributed by atoms with E-state index in [1.54, 1.807) is 0 Å². The molecule has 0 fully saturated rings. The standard InChI is InChI=1S/C9H6F2N2O2/c1-4-2-5(8(10)11)13-6(3-12)7(4)9(14)15/h2,8H,1H3,(H,14,15). The first kappa shape index (κ1) is 11.0. The van der Waals surface area contributed by atoms with Gasteiger partial charge in [-0.15, -0.1) is 0 Å². The summed E-state index contributed by atoms with van der Waals surface area (Å²) in [6.07, 6.45) is -2.82. The summed E-state index contributed by atoms with van der Waals surface area (Å²) >= 11 is 0. The Bertz CT molecular complexity index is 452. The van der Waals surface area contributed by atoms with Crippen molar-refractivity contribution in [2.75, 3.05) is 0 Å². The van der Waals surface area contributed by atoms with Gasteiger partial charge in [-0.3, -0.25) is 0 Å². The Kier molecular flexibility index (Phi) is 2.95. The molecule has 0 aromatic carbocycles. The lowest BCUT2D eigenvalue weighted by Gasteiger charge is -2.05. The number of nitriles is 1. The molecule has 0 unspecified atom stereocenters. The minimum atomic E-state index is -2.82. The maximum atomic E-state index is 12.3. The highest BCUT2D eigenvalue weighted by Crippen LogP contribution is 2.21. The van der Waals surface area contributed by atoms with E-state index in [-0.39, 0.29) is 11.1 Å². The average molecular weight is 212 g/mol. The Labute approximate surface area is 83.8 Å². The number of pyridine rings is 1. The van der Waals surface area contributed by atoms with Gasteiger partial charge in [0.1, 0.15) is 11.8 Å². The van der Waals surface area contributed by atoms with E-state index in [1.165, 1.54) is 13.0 Å². The molecule has 78 valence electrons. The monoisotopic (exact) mass is 212 g/mol. The van der Waals surface area contributed by atoms with E-state index < -0.39 is 23.8 Å². The van der Waals surface area contributed by atoms with Crippen molar-refractivity contribution in [1.82, 2.24) is 4.98 Å². The summed E-state index contributed by atoms with van der Waals surface area (Å²) in [4.78, 5) is 14.0. The van der Waals surface area contributed by atoms with Gasteiger partial charge in [0.05, 0.1) is 5.56 Å². The van der Waals surface area contributed by atoms with Crippen molar-refractivity contribution in [2.24, 2.45) is 0 Å². The van der Waals surface area contributed by atoms with Gasteiger partial charge in [0, 0.05) is 0 Å². The molecule has 6 heteroatoms. The number of halogens is 2. The van der Waals surface area contributed by atoms with Crippen molar-refractivity contribution in [1.29, 1.82) is 5.26 Å². The number of alkyl halides is 2. The van der Waals surface area contributed by atoms with Gasteiger partial charge in [-0.2, -0.15) is 5.26 Å². The summed E-state index contributed by atoms with van der Waals surface area (Å²) in [6, 6.07) is 2.45. The van der Waals surface area contributed by atoms with Gasteiger partial charge in [0.2, 0.25) is 0 Å². The summed E-state index contributed by atoms with van der Waals surface area (Å²) in [5.41, 5.74) is -1.31. The van der Waals surface area contributed by atoms with Crippen LogP contribution in [0, 0.1) is 18.3 Å². The van der Waals surface area contributed by atoms with Gasteiger partial charge in [0.15, 0.2) is 5.69 Å². The third-order valence-electron chi connectivity index (χ3n) is 1.78. The second-order valence-corrected chi connectivity index (χ2v) is 2.81. The Balaban J connectivity index is 3.46. The molecule has 0 amide bonds. The molecule has 0 spiro atoms. The summed E-state index contributed by atoms with van der Waals surface area (Å²) in [6.45, 7) is 1.35. The number of carbonyl (C=O) groups is 1. The lowest BCUT2D eigenvalue weighted by atomic mass is 10.1. The zero-order valence-electron chi connectivity index (χ0n) is 7.66. The highest BCUT2D eigenvalue weighted by atomic mass is 19.3. The van der Waals surface area contributed by atoms with E-state index in [0.717, 1.165) is 6.07 Å². The first-order valence-electron chi connectivity index (χ1n) is 3.90. The third kappa shape index (κ3) is 2.07. The molecule has 15 heavy (non-hydrogen) atoms. The van der Waals surface area contributed by atoms with Gasteiger partial charge in [-0.1, -0.05) is 0 Å². The molecule has 0 aliphatic rings. The number of carboxylic acids is 1. The van der Waals surface area contributed by atoms with Crippen LogP contribution in [0.4, 0.5) is 8.78 Å². The molecule has 0 radical (unpaired) electrons. The van der Waals surface area contributed by atoms with Crippen LogP contribution in [0.2, 0.25) is 0 Å². The highest BCUT2D eigenvalue weighted by molar-refractivity contribution is 5.91. The Morgan fingerprint density at radius 1 is 1.67 bits per heavy atom. The Hall–Kier alpha value is -2.03. The van der Waals surface area contributed by atoms with Crippen LogP contribution in [0.15, 0.2) is 6.07 Å². The fourth-order valence-corrected chi connectivity index (χ4v) is 1.16. The van der Waals surface area contributed by atoms with Crippen molar-refractivity contribution >= 4 is 5.97 Å². The van der Waals surface area contributed by atoms with Crippen molar-refractivity contribution in [3.05, 3.63) is 28.6 Å². The van der Waals surface area contributed by atoms with Gasteiger partial charge >= 0.3 is 5.97 Å². The normalized spacial score (nSPS) is 10.1. The van der Waals surface area contributed by atoms with Gasteiger partial charge < -0.3 is 5.11 Å². The molecule has 1 aromatic rings. The van der Waals surface area contributed by atoms with E-state index in [0.29, 0.717) is 0 Å². The molecule has 4 nitrogen and oxygen atoms in total. The number of aromatic nitrogens is 1. The minimum Gasteiger partial charge on any atom is -0.478 e. The number of aromatic carboxylic acids is 1. The van der Waals surface area contributed by atoms with Gasteiger partial charge in [-0.05, 0) is 18.6 Å². The number of hydrogen-bond acceptors (Lipinski definition) is 3. The highest BCUT2D eigenvalue weighted by Gasteiger charge is 2.19. The minimum absolute atomic E-state index is 0.101. The average Bonchev–Trinajstić information content (AvgIpc) is 2.15. The predicted molar refractivity (Wildman–Crippen MR) is 45.6 cm³/mol. The van der Waals surface area contributed by atoms with E-state index in [4.69, 9.17) is 10.4 Å². The van der Waals surface area contributed by atoms with E-state index in [2.05, 4.69) is 4.98 Å². The van der Waals surface area contributed by atoms with Crippen LogP contribution in [0.25, 0.3) is 0 Å². The molecule has 1 aromatic heterocycles. The maximum Gasteiger partial charge on any atom is 0.338 e. The van der Waals surface area contributed by atoms with Crippen molar-refractivity contribution in [3.8, 4) is 6.07 Å². The SMILES string of the molecule is Cc1cc(C(F)F)nc(C#N)c1C(=O)O. The summed E-state index contributed by atoms with van der Waals surface area (Å²) < 4.78 is 24.6. The molecule has 0 aliphatic heterocycles. The van der Waals surface area contributed by atoms with Gasteiger partial charge in [-0.25, -0.2) is 18.6 Å².